The fraction of sp³-hybridized carbons (Fsp3) is 1.00. The molecule has 0 aliphatic carbocycles. The van der Waals surface area contributed by atoms with E-state index in [0.717, 1.165) is 13.0 Å². The van der Waals surface area contributed by atoms with Gasteiger partial charge in [-0.3, -0.25) is 0 Å². The molecule has 2 nitrogen and oxygen atoms in total. The lowest BCUT2D eigenvalue weighted by molar-refractivity contribution is -0.0580. The van der Waals surface area contributed by atoms with E-state index in [1.165, 1.54) is 0 Å². The quantitative estimate of drug-likeness (QED) is 0.582. The largest absolute Gasteiger partial charge is 0.389 e. The topological polar surface area (TPSA) is 29.5 Å². The van der Waals surface area contributed by atoms with E-state index in [2.05, 4.69) is 15.9 Å². The number of halogens is 1. The van der Waals surface area contributed by atoms with Gasteiger partial charge in [-0.15, -0.1) is 0 Å². The van der Waals surface area contributed by atoms with E-state index < -0.39 is 0 Å². The smallest absolute Gasteiger partial charge is 0.0924 e. The molecule has 1 aliphatic heterocycles. The molecule has 1 heterocycles. The molecule has 3 unspecified atom stereocenters. The molecule has 1 saturated heterocycles. The molecule has 54 valence electrons. The van der Waals surface area contributed by atoms with Crippen molar-refractivity contribution in [3.63, 3.8) is 0 Å². The first-order valence-corrected chi connectivity index (χ1v) is 4.07. The Hall–Kier alpha value is 0.400. The van der Waals surface area contributed by atoms with Gasteiger partial charge in [0, 0.05) is 11.4 Å². The van der Waals surface area contributed by atoms with Gasteiger partial charge in [0.25, 0.3) is 0 Å². The number of ether oxygens (including phenoxy) is 1. The van der Waals surface area contributed by atoms with Gasteiger partial charge in [0.05, 0.1) is 12.2 Å². The van der Waals surface area contributed by atoms with Crippen LogP contribution in [0, 0.1) is 0 Å². The zero-order chi connectivity index (χ0) is 6.85. The minimum absolute atomic E-state index is 0.0110. The van der Waals surface area contributed by atoms with E-state index in [0.29, 0.717) is 0 Å². The average Bonchev–Trinajstić information content (AvgIpc) is 1.83. The summed E-state index contributed by atoms with van der Waals surface area (Å²) < 4.78 is 5.18. The predicted molar refractivity (Wildman–Crippen MR) is 38.8 cm³/mol. The maximum Gasteiger partial charge on any atom is 0.0924 e. The molecule has 0 spiro atoms. The molecule has 0 radical (unpaired) electrons. The van der Waals surface area contributed by atoms with E-state index in [4.69, 9.17) is 4.74 Å². The Morgan fingerprint density at radius 1 is 1.67 bits per heavy atom. The lowest BCUT2D eigenvalue weighted by atomic mass is 10.1. The third-order valence-corrected chi connectivity index (χ3v) is 2.63. The van der Waals surface area contributed by atoms with Crippen molar-refractivity contribution in [2.45, 2.75) is 30.4 Å². The van der Waals surface area contributed by atoms with Crippen LogP contribution in [-0.4, -0.2) is 28.7 Å². The second-order valence-electron chi connectivity index (χ2n) is 2.37. The minimum atomic E-state index is -0.334. The third-order valence-electron chi connectivity index (χ3n) is 1.63. The van der Waals surface area contributed by atoms with Crippen LogP contribution in [0.2, 0.25) is 0 Å². The van der Waals surface area contributed by atoms with Crippen LogP contribution in [0.1, 0.15) is 13.3 Å². The monoisotopic (exact) mass is 194 g/mol. The first-order chi connectivity index (χ1) is 4.22. The molecule has 0 amide bonds. The van der Waals surface area contributed by atoms with Crippen LogP contribution in [0.3, 0.4) is 0 Å². The van der Waals surface area contributed by atoms with Crippen LogP contribution in [0.15, 0.2) is 0 Å². The van der Waals surface area contributed by atoms with E-state index in [1.807, 2.05) is 6.92 Å². The number of aliphatic hydroxyl groups is 1. The van der Waals surface area contributed by atoms with Crippen LogP contribution in [0.25, 0.3) is 0 Å². The van der Waals surface area contributed by atoms with Gasteiger partial charge in [0.2, 0.25) is 0 Å². The maximum absolute atomic E-state index is 9.27. The van der Waals surface area contributed by atoms with Crippen molar-refractivity contribution in [1.82, 2.24) is 0 Å². The van der Waals surface area contributed by atoms with Crippen molar-refractivity contribution in [2.24, 2.45) is 0 Å². The Labute approximate surface area is 63.3 Å². The van der Waals surface area contributed by atoms with E-state index >= 15 is 0 Å². The van der Waals surface area contributed by atoms with Crippen LogP contribution in [0.4, 0.5) is 0 Å². The molecular weight excluding hydrogens is 184 g/mol. The molecule has 0 aromatic heterocycles. The standard InChI is InChI=1S/C6H11BrO2/c1-4-6(8)5(7)2-3-9-4/h4-6,8H,2-3H2,1H3. The average molecular weight is 195 g/mol. The summed E-state index contributed by atoms with van der Waals surface area (Å²) in [5.41, 5.74) is 0. The molecule has 0 saturated carbocycles. The molecule has 0 aromatic carbocycles. The highest BCUT2D eigenvalue weighted by Gasteiger charge is 2.27. The number of hydrogen-bond acceptors (Lipinski definition) is 2. The molecule has 3 atom stereocenters. The molecule has 3 heteroatoms. The van der Waals surface area contributed by atoms with Gasteiger partial charge in [-0.2, -0.15) is 0 Å². The maximum atomic E-state index is 9.27. The van der Waals surface area contributed by atoms with Crippen molar-refractivity contribution in [3.05, 3.63) is 0 Å². The summed E-state index contributed by atoms with van der Waals surface area (Å²) in [5, 5.41) is 9.27. The molecule has 0 aromatic rings. The van der Waals surface area contributed by atoms with Gasteiger partial charge < -0.3 is 9.84 Å². The Bertz CT molecular complexity index is 87.1. The normalized spacial score (nSPS) is 45.0. The summed E-state index contributed by atoms with van der Waals surface area (Å²) in [4.78, 5) is 0.223. The summed E-state index contributed by atoms with van der Waals surface area (Å²) in [6.07, 6.45) is 0.563. The lowest BCUT2D eigenvalue weighted by Gasteiger charge is -2.29. The molecule has 9 heavy (non-hydrogen) atoms. The molecular formula is C6H11BrO2. The molecule has 1 fully saturated rings. The molecule has 0 bridgehead atoms. The fourth-order valence-corrected chi connectivity index (χ4v) is 1.55. The van der Waals surface area contributed by atoms with Crippen molar-refractivity contribution < 1.29 is 9.84 Å². The second-order valence-corrected chi connectivity index (χ2v) is 3.55. The van der Waals surface area contributed by atoms with Crippen molar-refractivity contribution >= 4 is 15.9 Å². The minimum Gasteiger partial charge on any atom is -0.389 e. The predicted octanol–water partition coefficient (Wildman–Crippen LogP) is 0.920. The van der Waals surface area contributed by atoms with Gasteiger partial charge in [0.1, 0.15) is 0 Å². The lowest BCUT2D eigenvalue weighted by Crippen LogP contribution is -2.39. The highest BCUT2D eigenvalue weighted by atomic mass is 79.9. The van der Waals surface area contributed by atoms with Crippen molar-refractivity contribution in [2.75, 3.05) is 6.61 Å². The van der Waals surface area contributed by atoms with E-state index in [-0.39, 0.29) is 17.0 Å². The Morgan fingerprint density at radius 2 is 2.33 bits per heavy atom. The number of alkyl halides is 1. The van der Waals surface area contributed by atoms with Gasteiger partial charge in [-0.25, -0.2) is 0 Å². The van der Waals surface area contributed by atoms with Crippen LogP contribution < -0.4 is 0 Å². The fourth-order valence-electron chi connectivity index (χ4n) is 0.930. The summed E-state index contributed by atoms with van der Waals surface area (Å²) in [6, 6.07) is 0. The SMILES string of the molecule is CC1OCCC(Br)C1O. The molecule has 1 rings (SSSR count). The van der Waals surface area contributed by atoms with Crippen LogP contribution >= 0.6 is 15.9 Å². The summed E-state index contributed by atoms with van der Waals surface area (Å²) in [6.45, 7) is 2.65. The zero-order valence-electron chi connectivity index (χ0n) is 5.38. The van der Waals surface area contributed by atoms with Gasteiger partial charge >= 0.3 is 0 Å². The van der Waals surface area contributed by atoms with Crippen molar-refractivity contribution in [1.29, 1.82) is 0 Å². The zero-order valence-corrected chi connectivity index (χ0v) is 6.97. The summed E-state index contributed by atoms with van der Waals surface area (Å²) >= 11 is 3.36. The highest BCUT2D eigenvalue weighted by Crippen LogP contribution is 2.20. The van der Waals surface area contributed by atoms with Crippen LogP contribution in [-0.2, 0) is 4.74 Å². The van der Waals surface area contributed by atoms with Crippen molar-refractivity contribution in [3.8, 4) is 0 Å². The first kappa shape index (κ1) is 7.51. The Balaban J connectivity index is 2.41. The molecule has 1 aliphatic rings. The Kier molecular flexibility index (Phi) is 2.50. The van der Waals surface area contributed by atoms with Gasteiger partial charge in [-0.1, -0.05) is 15.9 Å². The summed E-state index contributed by atoms with van der Waals surface area (Å²) in [5.74, 6) is 0. The van der Waals surface area contributed by atoms with E-state index in [1.54, 1.807) is 0 Å². The highest BCUT2D eigenvalue weighted by molar-refractivity contribution is 9.09. The third kappa shape index (κ3) is 1.66. The summed E-state index contributed by atoms with van der Waals surface area (Å²) in [7, 11) is 0. The number of hydrogen-bond donors (Lipinski definition) is 1. The molecule has 1 N–H and O–H groups in total. The van der Waals surface area contributed by atoms with Gasteiger partial charge in [0.15, 0.2) is 0 Å². The number of rotatable bonds is 0. The van der Waals surface area contributed by atoms with E-state index in [9.17, 15) is 5.11 Å². The van der Waals surface area contributed by atoms with Crippen LogP contribution in [0.5, 0.6) is 0 Å². The van der Waals surface area contributed by atoms with Gasteiger partial charge in [-0.05, 0) is 13.3 Å². The first-order valence-electron chi connectivity index (χ1n) is 3.15. The number of aliphatic hydroxyl groups excluding tert-OH is 1. The second kappa shape index (κ2) is 2.99. The Morgan fingerprint density at radius 3 is 2.78 bits per heavy atom.